The van der Waals surface area contributed by atoms with Gasteiger partial charge in [0.05, 0.1) is 17.7 Å². The number of thiazole rings is 1. The molecule has 1 atom stereocenters. The van der Waals surface area contributed by atoms with Crippen LogP contribution in [0.2, 0.25) is 0 Å². The first-order valence-electron chi connectivity index (χ1n) is 11.6. The number of rotatable bonds is 6. The number of nitrogens with zero attached hydrogens (tertiary/aromatic N) is 2. The fourth-order valence-corrected chi connectivity index (χ4v) is 6.45. The van der Waals surface area contributed by atoms with Gasteiger partial charge in [-0.25, -0.2) is 18.2 Å². The number of carboxylic acids is 1. The molecule has 0 bridgehead atoms. The SMILES string of the molecule is COc1ccc(-c2csc(NC(=O)[C@H]3CCCCN3S(=O)(=O)c3ccccc3C)n2)cc1.O=C(O)C(F)(F)F. The van der Waals surface area contributed by atoms with E-state index in [2.05, 4.69) is 10.3 Å². The smallest absolute Gasteiger partial charge is 0.490 e. The summed E-state index contributed by atoms with van der Waals surface area (Å²) in [6, 6.07) is 13.6. The van der Waals surface area contributed by atoms with Crippen LogP contribution in [-0.4, -0.2) is 60.6 Å². The topological polar surface area (TPSA) is 126 Å². The quantitative estimate of drug-likeness (QED) is 0.420. The van der Waals surface area contributed by atoms with Crippen LogP contribution >= 0.6 is 11.3 Å². The first-order chi connectivity index (χ1) is 18.3. The summed E-state index contributed by atoms with van der Waals surface area (Å²) in [6.45, 7) is 2.09. The number of aromatic nitrogens is 1. The average Bonchev–Trinajstić information content (AvgIpc) is 3.37. The van der Waals surface area contributed by atoms with E-state index >= 15 is 0 Å². The molecule has 1 saturated heterocycles. The number of hydrogen-bond donors (Lipinski definition) is 2. The molecule has 1 aromatic heterocycles. The highest BCUT2D eigenvalue weighted by Crippen LogP contribution is 2.30. The maximum Gasteiger partial charge on any atom is 0.490 e. The second-order valence-corrected chi connectivity index (χ2v) is 11.2. The lowest BCUT2D eigenvalue weighted by atomic mass is 10.0. The third-order valence-corrected chi connectivity index (χ3v) is 8.63. The predicted octanol–water partition coefficient (Wildman–Crippen LogP) is 4.94. The first kappa shape index (κ1) is 30.1. The molecule has 2 N–H and O–H groups in total. The molecule has 0 aliphatic carbocycles. The predicted molar refractivity (Wildman–Crippen MR) is 139 cm³/mol. The molecule has 39 heavy (non-hydrogen) atoms. The van der Waals surface area contributed by atoms with Crippen LogP contribution in [-0.2, 0) is 19.6 Å². The van der Waals surface area contributed by atoms with Crippen molar-refractivity contribution in [3.05, 3.63) is 59.5 Å². The van der Waals surface area contributed by atoms with E-state index in [1.165, 1.54) is 15.6 Å². The molecule has 0 unspecified atom stereocenters. The minimum absolute atomic E-state index is 0.246. The number of hydrogen-bond acceptors (Lipinski definition) is 7. The van der Waals surface area contributed by atoms with Crippen molar-refractivity contribution in [2.24, 2.45) is 0 Å². The van der Waals surface area contributed by atoms with Crippen LogP contribution in [0.25, 0.3) is 11.3 Å². The van der Waals surface area contributed by atoms with Crippen LogP contribution in [0.1, 0.15) is 24.8 Å². The molecule has 9 nitrogen and oxygen atoms in total. The largest absolute Gasteiger partial charge is 0.497 e. The van der Waals surface area contributed by atoms with Crippen molar-refractivity contribution in [1.29, 1.82) is 0 Å². The number of methoxy groups -OCH3 is 1. The Bertz CT molecular complexity index is 1410. The standard InChI is InChI=1S/C23H25N3O4S2.C2HF3O2/c1-16-7-3-4-9-21(16)32(28,29)26-14-6-5-8-20(26)22(27)25-23-24-19(15-31-23)17-10-12-18(30-2)13-11-17;3-2(4,5)1(6)7/h3-4,7,9-13,15,20H,5-6,8,14H2,1-2H3,(H,24,25,27);(H,6,7)/t20-;/m1./s1. The van der Waals surface area contributed by atoms with Gasteiger partial charge in [0.15, 0.2) is 5.13 Å². The van der Waals surface area contributed by atoms with Gasteiger partial charge in [0.1, 0.15) is 11.8 Å². The van der Waals surface area contributed by atoms with Crippen LogP contribution in [0.4, 0.5) is 18.3 Å². The number of ether oxygens (including phenoxy) is 1. The summed E-state index contributed by atoms with van der Waals surface area (Å²) >= 11 is 1.31. The number of anilines is 1. The van der Waals surface area contributed by atoms with Gasteiger partial charge >= 0.3 is 12.1 Å². The Hall–Kier alpha value is -3.49. The van der Waals surface area contributed by atoms with E-state index in [0.717, 1.165) is 29.8 Å². The third kappa shape index (κ3) is 7.55. The maximum absolute atomic E-state index is 13.3. The van der Waals surface area contributed by atoms with Crippen molar-refractivity contribution in [3.63, 3.8) is 0 Å². The Balaban J connectivity index is 0.000000532. The molecule has 1 fully saturated rings. The number of aryl methyl sites for hydroxylation is 1. The number of piperidine rings is 1. The van der Waals surface area contributed by atoms with Gasteiger partial charge in [0.2, 0.25) is 15.9 Å². The van der Waals surface area contributed by atoms with Gasteiger partial charge in [0.25, 0.3) is 0 Å². The number of amides is 1. The molecule has 0 radical (unpaired) electrons. The molecule has 1 aliphatic rings. The lowest BCUT2D eigenvalue weighted by Gasteiger charge is -2.33. The molecule has 1 aliphatic heterocycles. The molecule has 1 amide bonds. The van der Waals surface area contributed by atoms with Crippen molar-refractivity contribution in [2.45, 2.75) is 43.3 Å². The third-order valence-electron chi connectivity index (χ3n) is 5.80. The number of sulfonamides is 1. The van der Waals surface area contributed by atoms with Gasteiger partial charge in [-0.2, -0.15) is 17.5 Å². The Labute approximate surface area is 227 Å². The van der Waals surface area contributed by atoms with Crippen LogP contribution in [0.3, 0.4) is 0 Å². The lowest BCUT2D eigenvalue weighted by Crippen LogP contribution is -2.49. The Kier molecular flexibility index (Phi) is 9.69. The fourth-order valence-electron chi connectivity index (χ4n) is 3.84. The number of aliphatic carboxylic acids is 1. The number of alkyl halides is 3. The second kappa shape index (κ2) is 12.6. The minimum atomic E-state index is -5.08. The summed E-state index contributed by atoms with van der Waals surface area (Å²) in [5.74, 6) is -2.35. The zero-order chi connectivity index (χ0) is 28.8. The highest BCUT2D eigenvalue weighted by Gasteiger charge is 2.39. The molecule has 14 heteroatoms. The summed E-state index contributed by atoms with van der Waals surface area (Å²) in [4.78, 5) is 26.8. The van der Waals surface area contributed by atoms with Gasteiger partial charge in [-0.1, -0.05) is 24.6 Å². The van der Waals surface area contributed by atoms with E-state index < -0.39 is 28.2 Å². The van der Waals surface area contributed by atoms with Crippen molar-refractivity contribution < 1.29 is 41.0 Å². The van der Waals surface area contributed by atoms with E-state index in [1.807, 2.05) is 29.6 Å². The summed E-state index contributed by atoms with van der Waals surface area (Å²) < 4.78 is 64.9. The van der Waals surface area contributed by atoms with Gasteiger partial charge in [0, 0.05) is 17.5 Å². The van der Waals surface area contributed by atoms with E-state index in [-0.39, 0.29) is 10.8 Å². The normalized spacial score (nSPS) is 16.1. The van der Waals surface area contributed by atoms with Gasteiger partial charge in [-0.3, -0.25) is 4.79 Å². The number of nitrogens with one attached hydrogen (secondary N) is 1. The molecule has 0 saturated carbocycles. The zero-order valence-corrected chi connectivity index (χ0v) is 22.6. The van der Waals surface area contributed by atoms with E-state index in [9.17, 15) is 26.4 Å². The first-order valence-corrected chi connectivity index (χ1v) is 13.9. The summed E-state index contributed by atoms with van der Waals surface area (Å²) in [7, 11) is -2.17. The molecule has 0 spiro atoms. The molecule has 210 valence electrons. The molecule has 2 heterocycles. The molecule has 3 aromatic rings. The number of carbonyl (C=O) groups excluding carboxylic acids is 1. The van der Waals surface area contributed by atoms with E-state index in [0.29, 0.717) is 23.7 Å². The zero-order valence-electron chi connectivity index (χ0n) is 20.9. The van der Waals surface area contributed by atoms with Crippen LogP contribution < -0.4 is 10.1 Å². The van der Waals surface area contributed by atoms with Gasteiger partial charge in [-0.05, 0) is 55.7 Å². The second-order valence-electron chi connectivity index (χ2n) is 8.45. The van der Waals surface area contributed by atoms with Gasteiger partial charge < -0.3 is 15.2 Å². The number of benzene rings is 2. The van der Waals surface area contributed by atoms with Gasteiger partial charge in [-0.15, -0.1) is 11.3 Å². The fraction of sp³-hybridized carbons (Fsp3) is 0.320. The van der Waals surface area contributed by atoms with Crippen molar-refractivity contribution in [3.8, 4) is 17.0 Å². The lowest BCUT2D eigenvalue weighted by molar-refractivity contribution is -0.192. The van der Waals surface area contributed by atoms with E-state index in [4.69, 9.17) is 14.6 Å². The molecule has 4 rings (SSSR count). The van der Waals surface area contributed by atoms with Crippen LogP contribution in [0.15, 0.2) is 58.8 Å². The highest BCUT2D eigenvalue weighted by atomic mass is 32.2. The molecular weight excluding hydrogens is 559 g/mol. The maximum atomic E-state index is 13.3. The highest BCUT2D eigenvalue weighted by molar-refractivity contribution is 7.89. The van der Waals surface area contributed by atoms with Crippen LogP contribution in [0, 0.1) is 6.92 Å². The Morgan fingerprint density at radius 2 is 1.77 bits per heavy atom. The Morgan fingerprint density at radius 3 is 2.36 bits per heavy atom. The summed E-state index contributed by atoms with van der Waals surface area (Å²) in [5, 5.41) is 12.3. The number of carboxylic acid groups (broad SMARTS) is 1. The van der Waals surface area contributed by atoms with E-state index in [1.54, 1.807) is 38.3 Å². The van der Waals surface area contributed by atoms with Crippen molar-refractivity contribution in [1.82, 2.24) is 9.29 Å². The number of halogens is 3. The summed E-state index contributed by atoms with van der Waals surface area (Å²) in [6.07, 6.45) is -3.08. The summed E-state index contributed by atoms with van der Waals surface area (Å²) in [5.41, 5.74) is 2.31. The molecular formula is C25H26F3N3O6S2. The average molecular weight is 586 g/mol. The van der Waals surface area contributed by atoms with Crippen molar-refractivity contribution >= 4 is 38.4 Å². The van der Waals surface area contributed by atoms with Crippen LogP contribution in [0.5, 0.6) is 5.75 Å². The minimum Gasteiger partial charge on any atom is -0.497 e. The monoisotopic (exact) mass is 585 g/mol. The number of carbonyl (C=O) groups is 2. The molecule has 2 aromatic carbocycles. The Morgan fingerprint density at radius 1 is 1.13 bits per heavy atom. The van der Waals surface area contributed by atoms with Crippen molar-refractivity contribution in [2.75, 3.05) is 19.0 Å².